The lowest BCUT2D eigenvalue weighted by atomic mass is 9.86. The van der Waals surface area contributed by atoms with E-state index in [4.69, 9.17) is 0 Å². The fraction of sp³-hybridized carbons (Fsp3) is 0.474. The largest absolute Gasteiger partial charge is 0.352 e. The maximum absolute atomic E-state index is 12.4. The number of nitrogens with one attached hydrogen (secondary N) is 1. The Morgan fingerprint density at radius 3 is 2.69 bits per heavy atom. The molecule has 1 N–H and O–H groups in total. The van der Waals surface area contributed by atoms with E-state index in [0.717, 1.165) is 29.8 Å². The number of benzene rings is 1. The summed E-state index contributed by atoms with van der Waals surface area (Å²) in [6, 6.07) is 9.74. The van der Waals surface area contributed by atoms with Gasteiger partial charge in [0.15, 0.2) is 9.84 Å². The Labute approximate surface area is 158 Å². The van der Waals surface area contributed by atoms with Crippen LogP contribution in [0.2, 0.25) is 0 Å². The van der Waals surface area contributed by atoms with E-state index in [0.29, 0.717) is 11.6 Å². The summed E-state index contributed by atoms with van der Waals surface area (Å²) in [5.74, 6) is -0.678. The Bertz CT molecular complexity index is 847. The second-order valence-electron chi connectivity index (χ2n) is 6.98. The first-order valence-corrected chi connectivity index (χ1v) is 11.6. The van der Waals surface area contributed by atoms with Crippen LogP contribution in [0, 0.1) is 5.92 Å². The minimum Gasteiger partial charge on any atom is -0.352 e. The molecule has 1 aliphatic carbocycles. The molecule has 1 aliphatic rings. The van der Waals surface area contributed by atoms with Crippen LogP contribution in [0.25, 0.3) is 10.6 Å². The van der Waals surface area contributed by atoms with Gasteiger partial charge in [-0.05, 0) is 18.8 Å². The van der Waals surface area contributed by atoms with E-state index in [-0.39, 0.29) is 11.8 Å². The normalized spacial score (nSPS) is 20.7. The van der Waals surface area contributed by atoms with Gasteiger partial charge in [-0.15, -0.1) is 11.3 Å². The molecule has 0 aliphatic heterocycles. The number of hydrogen-bond donors (Lipinski definition) is 1. The van der Waals surface area contributed by atoms with Crippen LogP contribution in [0.5, 0.6) is 0 Å². The summed E-state index contributed by atoms with van der Waals surface area (Å²) in [4.78, 5) is 16.6. The number of aromatic nitrogens is 1. The van der Waals surface area contributed by atoms with Crippen molar-refractivity contribution >= 4 is 27.1 Å². The molecule has 7 heteroatoms. The second-order valence-corrected chi connectivity index (χ2v) is 9.90. The molecule has 1 aromatic carbocycles. The molecule has 1 aromatic heterocycles. The van der Waals surface area contributed by atoms with Crippen LogP contribution < -0.4 is 5.32 Å². The summed E-state index contributed by atoms with van der Waals surface area (Å²) in [6.07, 6.45) is 4.28. The third-order valence-electron chi connectivity index (χ3n) is 4.75. The van der Waals surface area contributed by atoms with E-state index in [1.54, 1.807) is 5.38 Å². The first-order valence-electron chi connectivity index (χ1n) is 8.92. The molecule has 1 heterocycles. The summed E-state index contributed by atoms with van der Waals surface area (Å²) in [6.45, 7) is 2.11. The first kappa shape index (κ1) is 19.0. The molecule has 140 valence electrons. The van der Waals surface area contributed by atoms with Gasteiger partial charge >= 0.3 is 0 Å². The number of rotatable bonds is 6. The highest BCUT2D eigenvalue weighted by Gasteiger charge is 2.25. The maximum atomic E-state index is 12.4. The molecule has 0 saturated heterocycles. The van der Waals surface area contributed by atoms with E-state index >= 15 is 0 Å². The van der Waals surface area contributed by atoms with Gasteiger partial charge in [0.05, 0.1) is 11.4 Å². The lowest BCUT2D eigenvalue weighted by Gasteiger charge is -2.29. The minimum absolute atomic E-state index is 0.0930. The Kier molecular flexibility index (Phi) is 6.09. The molecule has 0 radical (unpaired) electrons. The topological polar surface area (TPSA) is 76.1 Å². The second kappa shape index (κ2) is 8.31. The standard InChI is InChI=1S/C19H24N2O3S2/c1-14-7-5-6-10-17(14)21-18(22)13-26(23,24)12-16-11-25-19(20-16)15-8-3-2-4-9-15/h2-4,8-9,11,14,17H,5-7,10,12-13H2,1H3,(H,21,22). The van der Waals surface area contributed by atoms with Crippen molar-refractivity contribution in [1.82, 2.24) is 10.3 Å². The number of hydrogen-bond acceptors (Lipinski definition) is 5. The monoisotopic (exact) mass is 392 g/mol. The Morgan fingerprint density at radius 2 is 1.96 bits per heavy atom. The molecule has 2 unspecified atom stereocenters. The van der Waals surface area contributed by atoms with Crippen LogP contribution in [0.3, 0.4) is 0 Å². The summed E-state index contributed by atoms with van der Waals surface area (Å²) in [7, 11) is -3.54. The van der Waals surface area contributed by atoms with Crippen LogP contribution in [0.1, 0.15) is 38.3 Å². The number of sulfone groups is 1. The molecule has 5 nitrogen and oxygen atoms in total. The van der Waals surface area contributed by atoms with Crippen LogP contribution >= 0.6 is 11.3 Å². The van der Waals surface area contributed by atoms with Crippen molar-refractivity contribution in [3.63, 3.8) is 0 Å². The first-order chi connectivity index (χ1) is 12.4. The number of amides is 1. The van der Waals surface area contributed by atoms with E-state index in [2.05, 4.69) is 17.2 Å². The number of carbonyl (C=O) groups excluding carboxylic acids is 1. The maximum Gasteiger partial charge on any atom is 0.235 e. The highest BCUT2D eigenvalue weighted by atomic mass is 32.2. The van der Waals surface area contributed by atoms with Crippen LogP contribution in [-0.2, 0) is 20.4 Å². The smallest absolute Gasteiger partial charge is 0.235 e. The fourth-order valence-electron chi connectivity index (χ4n) is 3.34. The van der Waals surface area contributed by atoms with E-state index in [9.17, 15) is 13.2 Å². The van der Waals surface area contributed by atoms with Crippen molar-refractivity contribution in [2.75, 3.05) is 5.75 Å². The lowest BCUT2D eigenvalue weighted by Crippen LogP contribution is -2.43. The summed E-state index contributed by atoms with van der Waals surface area (Å²) < 4.78 is 24.8. The number of carbonyl (C=O) groups is 1. The van der Waals surface area contributed by atoms with Gasteiger partial charge in [0.1, 0.15) is 10.8 Å². The minimum atomic E-state index is -3.54. The fourth-order valence-corrected chi connectivity index (χ4v) is 5.46. The van der Waals surface area contributed by atoms with Gasteiger partial charge in [-0.25, -0.2) is 13.4 Å². The van der Waals surface area contributed by atoms with Crippen molar-refractivity contribution in [1.29, 1.82) is 0 Å². The Hall–Kier alpha value is -1.73. The van der Waals surface area contributed by atoms with Crippen LogP contribution in [-0.4, -0.2) is 31.1 Å². The summed E-state index contributed by atoms with van der Waals surface area (Å²) >= 11 is 1.41. The molecular weight excluding hydrogens is 368 g/mol. The molecular formula is C19H24N2O3S2. The van der Waals surface area contributed by atoms with E-state index < -0.39 is 21.5 Å². The third-order valence-corrected chi connectivity index (χ3v) is 7.13. The van der Waals surface area contributed by atoms with Crippen molar-refractivity contribution in [3.8, 4) is 10.6 Å². The number of thiazole rings is 1. The molecule has 2 aromatic rings. The highest BCUT2D eigenvalue weighted by Crippen LogP contribution is 2.25. The molecule has 2 atom stereocenters. The lowest BCUT2D eigenvalue weighted by molar-refractivity contribution is -0.119. The molecule has 3 rings (SSSR count). The zero-order chi connectivity index (χ0) is 18.6. The van der Waals surface area contributed by atoms with Gasteiger partial charge in [-0.2, -0.15) is 0 Å². The average Bonchev–Trinajstić information content (AvgIpc) is 3.05. The SMILES string of the molecule is CC1CCCCC1NC(=O)CS(=O)(=O)Cc1csc(-c2ccccc2)n1. The third kappa shape index (κ3) is 5.14. The highest BCUT2D eigenvalue weighted by molar-refractivity contribution is 7.91. The van der Waals surface area contributed by atoms with Gasteiger partial charge in [0.25, 0.3) is 0 Å². The zero-order valence-corrected chi connectivity index (χ0v) is 16.5. The van der Waals surface area contributed by atoms with Crippen LogP contribution in [0.15, 0.2) is 35.7 Å². The number of nitrogens with zero attached hydrogens (tertiary/aromatic N) is 1. The summed E-state index contributed by atoms with van der Waals surface area (Å²) in [5, 5.41) is 5.44. The van der Waals surface area contributed by atoms with E-state index in [1.165, 1.54) is 17.8 Å². The van der Waals surface area contributed by atoms with Gasteiger partial charge in [0, 0.05) is 17.0 Å². The van der Waals surface area contributed by atoms with Crippen molar-refractivity contribution in [2.24, 2.45) is 5.92 Å². The predicted molar refractivity (Wildman–Crippen MR) is 105 cm³/mol. The quantitative estimate of drug-likeness (QED) is 0.817. The molecule has 1 saturated carbocycles. The molecule has 1 fully saturated rings. The van der Waals surface area contributed by atoms with Gasteiger partial charge in [0.2, 0.25) is 5.91 Å². The summed E-state index contributed by atoms with van der Waals surface area (Å²) in [5.41, 5.74) is 1.46. The van der Waals surface area contributed by atoms with Gasteiger partial charge in [-0.1, -0.05) is 50.1 Å². The van der Waals surface area contributed by atoms with Gasteiger partial charge in [-0.3, -0.25) is 4.79 Å². The Morgan fingerprint density at radius 1 is 1.23 bits per heavy atom. The predicted octanol–water partition coefficient (Wildman–Crippen LogP) is 3.42. The average molecular weight is 393 g/mol. The Balaban J connectivity index is 1.58. The van der Waals surface area contributed by atoms with Crippen molar-refractivity contribution in [3.05, 3.63) is 41.4 Å². The molecule has 0 spiro atoms. The molecule has 26 heavy (non-hydrogen) atoms. The van der Waals surface area contributed by atoms with Crippen molar-refractivity contribution in [2.45, 2.75) is 44.4 Å². The molecule has 0 bridgehead atoms. The van der Waals surface area contributed by atoms with Crippen LogP contribution in [0.4, 0.5) is 0 Å². The molecule has 1 amide bonds. The van der Waals surface area contributed by atoms with E-state index in [1.807, 2.05) is 30.3 Å². The van der Waals surface area contributed by atoms with Gasteiger partial charge < -0.3 is 5.32 Å². The van der Waals surface area contributed by atoms with Crippen molar-refractivity contribution < 1.29 is 13.2 Å². The zero-order valence-electron chi connectivity index (χ0n) is 14.8.